The van der Waals surface area contributed by atoms with Crippen LogP contribution in [-0.4, -0.2) is 9.97 Å². The molecular weight excluding hydrogens is 364 g/mol. The molecule has 3 aromatic carbocycles. The summed E-state index contributed by atoms with van der Waals surface area (Å²) in [6, 6.07) is 25.4. The van der Waals surface area contributed by atoms with E-state index < -0.39 is 0 Å². The summed E-state index contributed by atoms with van der Waals surface area (Å²) < 4.78 is 0. The lowest BCUT2D eigenvalue weighted by atomic mass is 9.81. The molecule has 0 bridgehead atoms. The maximum atomic E-state index is 5.31. The molecular formula is C28H30N2. The zero-order valence-electron chi connectivity index (χ0n) is 18.8. The predicted octanol–water partition coefficient (Wildman–Crippen LogP) is 7.56. The Balaban J connectivity index is 2.14. The minimum atomic E-state index is -0.0967. The molecule has 0 spiro atoms. The molecule has 1 aromatic heterocycles. The summed E-state index contributed by atoms with van der Waals surface area (Å²) in [7, 11) is 0. The van der Waals surface area contributed by atoms with E-state index in [1.165, 1.54) is 11.1 Å². The molecule has 0 amide bonds. The highest BCUT2D eigenvalue weighted by Crippen LogP contribution is 2.38. The van der Waals surface area contributed by atoms with E-state index in [2.05, 4.69) is 102 Å². The zero-order chi connectivity index (χ0) is 21.5. The third-order valence-electron chi connectivity index (χ3n) is 5.41. The van der Waals surface area contributed by atoms with Crippen molar-refractivity contribution < 1.29 is 0 Å². The van der Waals surface area contributed by atoms with Gasteiger partial charge in [-0.2, -0.15) is 0 Å². The molecule has 152 valence electrons. The molecule has 0 saturated heterocycles. The van der Waals surface area contributed by atoms with Crippen molar-refractivity contribution in [2.45, 2.75) is 52.4 Å². The zero-order valence-corrected chi connectivity index (χ0v) is 18.8. The van der Waals surface area contributed by atoms with Crippen molar-refractivity contribution in [3.63, 3.8) is 0 Å². The van der Waals surface area contributed by atoms with Crippen molar-refractivity contribution in [1.82, 2.24) is 9.97 Å². The maximum Gasteiger partial charge on any atom is 0.0975 e. The fraction of sp³-hybridized carbons (Fsp3) is 0.286. The average molecular weight is 395 g/mol. The molecule has 0 saturated carbocycles. The van der Waals surface area contributed by atoms with Crippen LogP contribution in [0.3, 0.4) is 0 Å². The summed E-state index contributed by atoms with van der Waals surface area (Å²) in [5.74, 6) is 0. The van der Waals surface area contributed by atoms with E-state index in [4.69, 9.17) is 9.97 Å². The Kier molecular flexibility index (Phi) is 4.97. The van der Waals surface area contributed by atoms with Crippen LogP contribution in [0, 0.1) is 0 Å². The van der Waals surface area contributed by atoms with Gasteiger partial charge in [-0.25, -0.2) is 9.97 Å². The molecule has 0 aliphatic heterocycles. The van der Waals surface area contributed by atoms with Gasteiger partial charge in [-0.1, -0.05) is 114 Å². The van der Waals surface area contributed by atoms with Crippen molar-refractivity contribution >= 4 is 11.0 Å². The van der Waals surface area contributed by atoms with Gasteiger partial charge in [-0.3, -0.25) is 0 Å². The lowest BCUT2D eigenvalue weighted by molar-refractivity contribution is 0.502. The molecule has 2 heteroatoms. The average Bonchev–Trinajstić information content (AvgIpc) is 2.72. The Morgan fingerprint density at radius 2 is 0.800 bits per heavy atom. The number of benzene rings is 3. The van der Waals surface area contributed by atoms with E-state index in [-0.39, 0.29) is 10.8 Å². The van der Waals surface area contributed by atoms with Gasteiger partial charge in [-0.05, 0) is 11.1 Å². The van der Waals surface area contributed by atoms with E-state index in [0.717, 1.165) is 33.5 Å². The minimum absolute atomic E-state index is 0.0967. The first kappa shape index (κ1) is 20.3. The van der Waals surface area contributed by atoms with Crippen LogP contribution in [0.2, 0.25) is 0 Å². The second kappa shape index (κ2) is 7.36. The first-order chi connectivity index (χ1) is 14.2. The molecule has 0 unspecified atom stereocenters. The Bertz CT molecular complexity index is 1080. The van der Waals surface area contributed by atoms with E-state index in [9.17, 15) is 0 Å². The van der Waals surface area contributed by atoms with Crippen LogP contribution >= 0.6 is 0 Å². The number of nitrogens with zero attached hydrogens (tertiary/aromatic N) is 2. The van der Waals surface area contributed by atoms with Gasteiger partial charge >= 0.3 is 0 Å². The van der Waals surface area contributed by atoms with Gasteiger partial charge in [0.2, 0.25) is 0 Å². The monoisotopic (exact) mass is 394 g/mol. The molecule has 0 atom stereocenters. The third-order valence-corrected chi connectivity index (χ3v) is 5.41. The van der Waals surface area contributed by atoms with Crippen LogP contribution < -0.4 is 0 Å². The second-order valence-corrected chi connectivity index (χ2v) is 10.0. The smallest absolute Gasteiger partial charge is 0.0975 e. The molecule has 1 heterocycles. The Hall–Kier alpha value is -3.00. The lowest BCUT2D eigenvalue weighted by Gasteiger charge is -2.29. The van der Waals surface area contributed by atoms with E-state index in [1.807, 2.05) is 12.1 Å². The topological polar surface area (TPSA) is 25.8 Å². The molecule has 0 radical (unpaired) electrons. The normalized spacial score (nSPS) is 12.3. The highest BCUT2D eigenvalue weighted by Gasteiger charge is 2.30. The maximum absolute atomic E-state index is 5.31. The predicted molar refractivity (Wildman–Crippen MR) is 128 cm³/mol. The van der Waals surface area contributed by atoms with Gasteiger partial charge < -0.3 is 0 Å². The number of hydrogen-bond acceptors (Lipinski definition) is 2. The van der Waals surface area contributed by atoms with Gasteiger partial charge in [0, 0.05) is 22.0 Å². The van der Waals surface area contributed by atoms with Crippen LogP contribution in [0.15, 0.2) is 72.8 Å². The molecule has 4 rings (SSSR count). The van der Waals surface area contributed by atoms with Crippen molar-refractivity contribution in [2.75, 3.05) is 0 Å². The van der Waals surface area contributed by atoms with E-state index >= 15 is 0 Å². The number of aromatic nitrogens is 2. The second-order valence-electron chi connectivity index (χ2n) is 10.0. The quantitative estimate of drug-likeness (QED) is 0.350. The summed E-state index contributed by atoms with van der Waals surface area (Å²) >= 11 is 0. The van der Waals surface area contributed by atoms with Crippen molar-refractivity contribution in [2.24, 2.45) is 0 Å². The van der Waals surface area contributed by atoms with Gasteiger partial charge in [0.25, 0.3) is 0 Å². The van der Waals surface area contributed by atoms with Gasteiger partial charge in [-0.15, -0.1) is 0 Å². The first-order valence-corrected chi connectivity index (χ1v) is 10.6. The van der Waals surface area contributed by atoms with E-state index in [1.54, 1.807) is 0 Å². The molecule has 0 N–H and O–H groups in total. The van der Waals surface area contributed by atoms with E-state index in [0.29, 0.717) is 0 Å². The highest BCUT2D eigenvalue weighted by atomic mass is 14.9. The number of hydrogen-bond donors (Lipinski definition) is 0. The standard InChI is InChI=1S/C28H30N2/c1-27(2,3)25-26(28(4,5)6)30-24-22(20-15-11-8-12-16-20)18-17-21(23(24)29-25)19-13-9-7-10-14-19/h7-18H,1-6H3. The van der Waals surface area contributed by atoms with Crippen LogP contribution in [-0.2, 0) is 10.8 Å². The molecule has 4 aromatic rings. The number of rotatable bonds is 2. The van der Waals surface area contributed by atoms with Crippen LogP contribution in [0.1, 0.15) is 52.9 Å². The third kappa shape index (κ3) is 3.75. The van der Waals surface area contributed by atoms with Gasteiger partial charge in [0.1, 0.15) is 0 Å². The van der Waals surface area contributed by atoms with Crippen molar-refractivity contribution in [3.05, 3.63) is 84.2 Å². The highest BCUT2D eigenvalue weighted by molar-refractivity contribution is 6.00. The molecule has 0 aliphatic carbocycles. The fourth-order valence-electron chi connectivity index (χ4n) is 3.88. The van der Waals surface area contributed by atoms with Crippen molar-refractivity contribution in [3.8, 4) is 22.3 Å². The SMILES string of the molecule is CC(C)(C)c1nc2c(-c3ccccc3)ccc(-c3ccccc3)c2nc1C(C)(C)C. The molecule has 2 nitrogen and oxygen atoms in total. The van der Waals surface area contributed by atoms with Gasteiger partial charge in [0.05, 0.1) is 22.4 Å². The minimum Gasteiger partial charge on any atom is -0.248 e. The summed E-state index contributed by atoms with van der Waals surface area (Å²) in [6.07, 6.45) is 0. The fourth-order valence-corrected chi connectivity index (χ4v) is 3.88. The molecule has 0 aliphatic rings. The molecule has 0 fully saturated rings. The first-order valence-electron chi connectivity index (χ1n) is 10.6. The van der Waals surface area contributed by atoms with Crippen LogP contribution in [0.5, 0.6) is 0 Å². The molecule has 30 heavy (non-hydrogen) atoms. The largest absolute Gasteiger partial charge is 0.248 e. The Morgan fingerprint density at radius 3 is 1.10 bits per heavy atom. The summed E-state index contributed by atoms with van der Waals surface area (Å²) in [5.41, 5.74) is 8.49. The summed E-state index contributed by atoms with van der Waals surface area (Å²) in [4.78, 5) is 10.6. The lowest BCUT2D eigenvalue weighted by Crippen LogP contribution is -2.25. The summed E-state index contributed by atoms with van der Waals surface area (Å²) in [5, 5.41) is 0. The number of fused-ring (bicyclic) bond motifs is 1. The Labute approximate surface area is 180 Å². The Morgan fingerprint density at radius 1 is 0.467 bits per heavy atom. The van der Waals surface area contributed by atoms with Crippen LogP contribution in [0.4, 0.5) is 0 Å². The van der Waals surface area contributed by atoms with Gasteiger partial charge in [0.15, 0.2) is 0 Å². The van der Waals surface area contributed by atoms with Crippen LogP contribution in [0.25, 0.3) is 33.3 Å². The van der Waals surface area contributed by atoms with Crippen molar-refractivity contribution in [1.29, 1.82) is 0 Å². The summed E-state index contributed by atoms with van der Waals surface area (Å²) in [6.45, 7) is 13.3.